The van der Waals surface area contributed by atoms with Crippen LogP contribution in [0, 0.1) is 11.7 Å². The molecule has 2 aliphatic rings. The monoisotopic (exact) mass is 250 g/mol. The Bertz CT molecular complexity index is 456. The predicted octanol–water partition coefficient (Wildman–Crippen LogP) is 3.59. The number of ether oxygens (including phenoxy) is 1. The Balaban J connectivity index is 1.96. The van der Waals surface area contributed by atoms with Crippen LogP contribution in [0.5, 0.6) is 5.75 Å². The summed E-state index contributed by atoms with van der Waals surface area (Å²) in [7, 11) is 0. The Hall–Kier alpha value is -1.09. The van der Waals surface area contributed by atoms with E-state index >= 15 is 0 Å². The molecular formula is C15H19FO2. The maximum atomic E-state index is 13.2. The fourth-order valence-electron chi connectivity index (χ4n) is 3.21. The first-order valence-corrected chi connectivity index (χ1v) is 6.81. The number of fused-ring (bicyclic) bond motifs is 1. The number of rotatable bonds is 3. The molecule has 1 aromatic rings. The van der Waals surface area contributed by atoms with Gasteiger partial charge in [-0.2, -0.15) is 0 Å². The van der Waals surface area contributed by atoms with E-state index in [2.05, 4.69) is 6.92 Å². The topological polar surface area (TPSA) is 29.5 Å². The maximum absolute atomic E-state index is 13.2. The van der Waals surface area contributed by atoms with E-state index in [1.807, 2.05) is 0 Å². The number of benzene rings is 1. The van der Waals surface area contributed by atoms with Crippen LogP contribution in [0.15, 0.2) is 18.2 Å². The molecule has 1 fully saturated rings. The van der Waals surface area contributed by atoms with E-state index in [1.165, 1.54) is 25.0 Å². The van der Waals surface area contributed by atoms with E-state index in [1.54, 1.807) is 6.07 Å². The van der Waals surface area contributed by atoms with Crippen LogP contribution < -0.4 is 4.74 Å². The first-order valence-electron chi connectivity index (χ1n) is 6.81. The van der Waals surface area contributed by atoms with Gasteiger partial charge >= 0.3 is 0 Å². The molecule has 1 unspecified atom stereocenters. The third-order valence-electron chi connectivity index (χ3n) is 4.18. The molecule has 1 aliphatic carbocycles. The van der Waals surface area contributed by atoms with Crippen molar-refractivity contribution in [2.24, 2.45) is 5.92 Å². The lowest BCUT2D eigenvalue weighted by Gasteiger charge is -2.41. The van der Waals surface area contributed by atoms with Gasteiger partial charge in [0.1, 0.15) is 17.2 Å². The van der Waals surface area contributed by atoms with Crippen molar-refractivity contribution in [2.75, 3.05) is 0 Å². The molecule has 0 spiro atoms. The number of hydrogen-bond acceptors (Lipinski definition) is 2. The van der Waals surface area contributed by atoms with Crippen molar-refractivity contribution >= 4 is 0 Å². The zero-order chi connectivity index (χ0) is 12.8. The smallest absolute Gasteiger partial charge is 0.126 e. The van der Waals surface area contributed by atoms with E-state index in [-0.39, 0.29) is 11.4 Å². The van der Waals surface area contributed by atoms with Gasteiger partial charge in [-0.05, 0) is 43.4 Å². The molecular weight excluding hydrogens is 231 g/mol. The lowest BCUT2D eigenvalue weighted by atomic mass is 9.82. The summed E-state index contributed by atoms with van der Waals surface area (Å²) in [5.74, 6) is 0.909. The summed E-state index contributed by atoms with van der Waals surface area (Å²) >= 11 is 0. The van der Waals surface area contributed by atoms with Crippen molar-refractivity contribution in [2.45, 2.75) is 50.7 Å². The van der Waals surface area contributed by atoms with E-state index in [0.717, 1.165) is 12.8 Å². The number of halogens is 1. The van der Waals surface area contributed by atoms with Crippen molar-refractivity contribution in [1.82, 2.24) is 0 Å². The summed E-state index contributed by atoms with van der Waals surface area (Å²) in [5, 5.41) is 10.3. The van der Waals surface area contributed by atoms with Gasteiger partial charge in [0.25, 0.3) is 0 Å². The van der Waals surface area contributed by atoms with E-state index in [0.29, 0.717) is 23.7 Å². The Morgan fingerprint density at radius 2 is 2.22 bits per heavy atom. The number of aliphatic hydroxyl groups excluding tert-OH is 1. The van der Waals surface area contributed by atoms with Crippen LogP contribution >= 0.6 is 0 Å². The molecule has 1 aromatic carbocycles. The lowest BCUT2D eigenvalue weighted by Crippen LogP contribution is -2.43. The molecule has 3 heteroatoms. The highest BCUT2D eigenvalue weighted by Crippen LogP contribution is 2.52. The molecule has 1 aliphatic heterocycles. The summed E-state index contributed by atoms with van der Waals surface area (Å²) in [6.07, 6.45) is 4.37. The maximum Gasteiger partial charge on any atom is 0.126 e. The fraction of sp³-hybridized carbons (Fsp3) is 0.600. The van der Waals surface area contributed by atoms with Gasteiger partial charge in [-0.25, -0.2) is 4.39 Å². The standard InChI is InChI=1S/C15H19FO2/c1-2-7-15(10-3-4-10)9-13(17)12-8-11(16)5-6-14(12)18-15/h5-6,8,10,13,17H,2-4,7,9H2,1H3/t13-,15?/m0/s1. The highest BCUT2D eigenvalue weighted by atomic mass is 19.1. The molecule has 0 saturated heterocycles. The van der Waals surface area contributed by atoms with Crippen LogP contribution in [0.2, 0.25) is 0 Å². The molecule has 1 saturated carbocycles. The van der Waals surface area contributed by atoms with Crippen LogP contribution in [-0.4, -0.2) is 10.7 Å². The minimum atomic E-state index is -0.600. The highest BCUT2D eigenvalue weighted by Gasteiger charge is 2.50. The summed E-state index contributed by atoms with van der Waals surface area (Å²) in [6.45, 7) is 2.14. The quantitative estimate of drug-likeness (QED) is 0.888. The fourth-order valence-corrected chi connectivity index (χ4v) is 3.21. The SMILES string of the molecule is CCCC1(C2CC2)C[C@H](O)c2cc(F)ccc2O1. The van der Waals surface area contributed by atoms with Gasteiger partial charge < -0.3 is 9.84 Å². The highest BCUT2D eigenvalue weighted by molar-refractivity contribution is 5.39. The second-order valence-electron chi connectivity index (χ2n) is 5.59. The van der Waals surface area contributed by atoms with Gasteiger partial charge in [0, 0.05) is 12.0 Å². The molecule has 0 radical (unpaired) electrons. The van der Waals surface area contributed by atoms with Crippen molar-refractivity contribution in [3.05, 3.63) is 29.6 Å². The van der Waals surface area contributed by atoms with Gasteiger partial charge in [0.15, 0.2) is 0 Å². The van der Waals surface area contributed by atoms with Crippen LogP contribution in [0.1, 0.15) is 50.7 Å². The van der Waals surface area contributed by atoms with E-state index in [4.69, 9.17) is 4.74 Å². The zero-order valence-electron chi connectivity index (χ0n) is 10.7. The largest absolute Gasteiger partial charge is 0.486 e. The summed E-state index contributed by atoms with van der Waals surface area (Å²) in [6, 6.07) is 4.45. The number of hydrogen-bond donors (Lipinski definition) is 1. The van der Waals surface area contributed by atoms with Gasteiger partial charge in [-0.3, -0.25) is 0 Å². The second kappa shape index (κ2) is 4.23. The van der Waals surface area contributed by atoms with Crippen molar-refractivity contribution in [1.29, 1.82) is 0 Å². The van der Waals surface area contributed by atoms with Gasteiger partial charge in [-0.15, -0.1) is 0 Å². The molecule has 2 atom stereocenters. The minimum absolute atomic E-state index is 0.223. The minimum Gasteiger partial charge on any atom is -0.486 e. The lowest BCUT2D eigenvalue weighted by molar-refractivity contribution is -0.0365. The molecule has 0 bridgehead atoms. The Morgan fingerprint density at radius 1 is 1.44 bits per heavy atom. The predicted molar refractivity (Wildman–Crippen MR) is 67.0 cm³/mol. The van der Waals surface area contributed by atoms with Crippen molar-refractivity contribution in [3.63, 3.8) is 0 Å². The Kier molecular flexibility index (Phi) is 2.81. The zero-order valence-corrected chi connectivity index (χ0v) is 10.7. The first-order chi connectivity index (χ1) is 8.64. The molecule has 3 rings (SSSR count). The van der Waals surface area contributed by atoms with Gasteiger partial charge in [0.2, 0.25) is 0 Å². The third-order valence-corrected chi connectivity index (χ3v) is 4.18. The molecule has 98 valence electrons. The van der Waals surface area contributed by atoms with Crippen LogP contribution in [0.3, 0.4) is 0 Å². The second-order valence-corrected chi connectivity index (χ2v) is 5.59. The van der Waals surface area contributed by atoms with Crippen LogP contribution in [0.4, 0.5) is 4.39 Å². The molecule has 2 nitrogen and oxygen atoms in total. The third kappa shape index (κ3) is 1.91. The van der Waals surface area contributed by atoms with Gasteiger partial charge in [-0.1, -0.05) is 13.3 Å². The molecule has 0 aromatic heterocycles. The van der Waals surface area contributed by atoms with Crippen molar-refractivity contribution in [3.8, 4) is 5.75 Å². The summed E-state index contributed by atoms with van der Waals surface area (Å²) < 4.78 is 19.4. The Morgan fingerprint density at radius 3 is 2.89 bits per heavy atom. The average molecular weight is 250 g/mol. The Labute approximate surface area is 107 Å². The van der Waals surface area contributed by atoms with E-state index in [9.17, 15) is 9.50 Å². The molecule has 1 heterocycles. The summed E-state index contributed by atoms with van der Waals surface area (Å²) in [5.41, 5.74) is 0.376. The number of aliphatic hydroxyl groups is 1. The van der Waals surface area contributed by atoms with Crippen LogP contribution in [0.25, 0.3) is 0 Å². The summed E-state index contributed by atoms with van der Waals surface area (Å²) in [4.78, 5) is 0. The normalized spacial score (nSPS) is 30.7. The molecule has 1 N–H and O–H groups in total. The molecule has 18 heavy (non-hydrogen) atoms. The van der Waals surface area contributed by atoms with Gasteiger partial charge in [0.05, 0.1) is 6.10 Å². The molecule has 0 amide bonds. The first kappa shape index (κ1) is 12.0. The van der Waals surface area contributed by atoms with Crippen LogP contribution in [-0.2, 0) is 0 Å². The van der Waals surface area contributed by atoms with E-state index < -0.39 is 6.10 Å². The average Bonchev–Trinajstić information content (AvgIpc) is 3.15. The van der Waals surface area contributed by atoms with Crippen molar-refractivity contribution < 1.29 is 14.2 Å².